The maximum atomic E-state index is 12.8. The highest BCUT2D eigenvalue weighted by molar-refractivity contribution is 5.76. The lowest BCUT2D eigenvalue weighted by Crippen LogP contribution is -2.71. The second-order valence-electron chi connectivity index (χ2n) is 8.27. The topological polar surface area (TPSA) is 69.8 Å². The van der Waals surface area contributed by atoms with Crippen LogP contribution in [-0.2, 0) is 16.8 Å². The van der Waals surface area contributed by atoms with E-state index in [1.165, 1.54) is 5.56 Å². The molecule has 1 aromatic rings. The molecule has 25 heavy (non-hydrogen) atoms. The molecule has 1 aliphatic heterocycles. The summed E-state index contributed by atoms with van der Waals surface area (Å²) in [6.45, 7) is 5.18. The van der Waals surface area contributed by atoms with Crippen LogP contribution in [-0.4, -0.2) is 53.5 Å². The third kappa shape index (κ3) is 3.15. The van der Waals surface area contributed by atoms with Gasteiger partial charge in [-0.15, -0.1) is 0 Å². The van der Waals surface area contributed by atoms with Crippen LogP contribution in [0.5, 0.6) is 5.75 Å². The van der Waals surface area contributed by atoms with Crippen molar-refractivity contribution >= 4 is 5.91 Å². The summed E-state index contributed by atoms with van der Waals surface area (Å²) in [6, 6.07) is 5.66. The van der Waals surface area contributed by atoms with E-state index in [0.717, 1.165) is 31.4 Å². The monoisotopic (exact) mass is 345 g/mol. The van der Waals surface area contributed by atoms with Crippen LogP contribution >= 0.6 is 0 Å². The Balaban J connectivity index is 1.96. The molecule has 1 heterocycles. The number of benzene rings is 1. The van der Waals surface area contributed by atoms with Gasteiger partial charge in [-0.05, 0) is 55.5 Å². The molecule has 0 saturated carbocycles. The maximum absolute atomic E-state index is 12.8. The van der Waals surface area contributed by atoms with E-state index < -0.39 is 5.54 Å². The lowest BCUT2D eigenvalue weighted by molar-refractivity contribution is -0.138. The molecule has 3 rings (SSSR count). The quantitative estimate of drug-likeness (QED) is 0.876. The average Bonchev–Trinajstić information content (AvgIpc) is 2.56. The molecule has 0 aromatic heterocycles. The zero-order chi connectivity index (χ0) is 18.4. The second kappa shape index (κ2) is 6.61. The normalized spacial score (nSPS) is 28.7. The fourth-order valence-corrected chi connectivity index (χ4v) is 4.57. The SMILES string of the molecule is CC(C)CCC(=O)N(C)C1[C@H]2Cc3ccc(O)cc3[C@]1(N)CCN2C. The van der Waals surface area contributed by atoms with E-state index in [1.54, 1.807) is 12.1 Å². The number of aromatic hydroxyl groups is 1. The highest BCUT2D eigenvalue weighted by Gasteiger charge is 2.53. The number of carbonyl (C=O) groups excluding carboxylic acids is 1. The minimum Gasteiger partial charge on any atom is -0.508 e. The number of phenolic OH excluding ortho intramolecular Hbond substituents is 1. The Labute approximate surface area is 150 Å². The molecule has 1 saturated heterocycles. The molecule has 138 valence electrons. The van der Waals surface area contributed by atoms with E-state index in [4.69, 9.17) is 5.73 Å². The average molecular weight is 345 g/mol. The van der Waals surface area contributed by atoms with Crippen molar-refractivity contribution in [1.29, 1.82) is 0 Å². The molecule has 5 heteroatoms. The number of hydrogen-bond acceptors (Lipinski definition) is 4. The predicted octanol–water partition coefficient (Wildman–Crippen LogP) is 2.07. The summed E-state index contributed by atoms with van der Waals surface area (Å²) in [5.41, 5.74) is 8.54. The molecule has 1 aromatic carbocycles. The lowest BCUT2D eigenvalue weighted by atomic mass is 9.66. The Morgan fingerprint density at radius 1 is 1.48 bits per heavy atom. The van der Waals surface area contributed by atoms with Gasteiger partial charge in [0, 0.05) is 26.1 Å². The van der Waals surface area contributed by atoms with Crippen molar-refractivity contribution < 1.29 is 9.90 Å². The first-order valence-electron chi connectivity index (χ1n) is 9.31. The molecule has 1 unspecified atom stereocenters. The number of amides is 1. The first-order chi connectivity index (χ1) is 11.7. The van der Waals surface area contributed by atoms with E-state index in [-0.39, 0.29) is 23.7 Å². The number of carbonyl (C=O) groups is 1. The molecule has 0 spiro atoms. The molecule has 1 amide bonds. The highest BCUT2D eigenvalue weighted by Crippen LogP contribution is 2.44. The summed E-state index contributed by atoms with van der Waals surface area (Å²) in [7, 11) is 4.02. The summed E-state index contributed by atoms with van der Waals surface area (Å²) in [5, 5.41) is 9.98. The van der Waals surface area contributed by atoms with Crippen molar-refractivity contribution in [2.24, 2.45) is 11.7 Å². The molecular weight excluding hydrogens is 314 g/mol. The lowest BCUT2D eigenvalue weighted by Gasteiger charge is -2.56. The third-order valence-electron chi connectivity index (χ3n) is 6.11. The zero-order valence-electron chi connectivity index (χ0n) is 15.8. The van der Waals surface area contributed by atoms with Crippen LogP contribution in [0.15, 0.2) is 18.2 Å². The smallest absolute Gasteiger partial charge is 0.222 e. The summed E-state index contributed by atoms with van der Waals surface area (Å²) in [6.07, 6.45) is 3.09. The second-order valence-corrected chi connectivity index (χ2v) is 8.27. The van der Waals surface area contributed by atoms with E-state index >= 15 is 0 Å². The number of piperidine rings is 1. The van der Waals surface area contributed by atoms with Gasteiger partial charge in [-0.2, -0.15) is 0 Å². The summed E-state index contributed by atoms with van der Waals surface area (Å²) < 4.78 is 0. The molecule has 3 atom stereocenters. The van der Waals surface area contributed by atoms with E-state index in [9.17, 15) is 9.90 Å². The van der Waals surface area contributed by atoms with Gasteiger partial charge in [-0.25, -0.2) is 0 Å². The largest absolute Gasteiger partial charge is 0.508 e. The van der Waals surface area contributed by atoms with Crippen LogP contribution < -0.4 is 5.73 Å². The van der Waals surface area contributed by atoms with Crippen LogP contribution in [0, 0.1) is 5.92 Å². The van der Waals surface area contributed by atoms with Crippen molar-refractivity contribution in [3.63, 3.8) is 0 Å². The Morgan fingerprint density at radius 3 is 2.88 bits per heavy atom. The molecule has 3 N–H and O–H groups in total. The standard InChI is InChI=1S/C20H31N3O2/c1-13(2)5-8-18(25)23(4)19-17-11-14-6-7-15(24)12-16(14)20(19,21)9-10-22(17)3/h6-7,12-13,17,19,24H,5,8-11,21H2,1-4H3/t17-,19?,20-/m1/s1. The molecule has 1 aliphatic carbocycles. The van der Waals surface area contributed by atoms with Crippen molar-refractivity contribution in [2.45, 2.75) is 57.2 Å². The van der Waals surface area contributed by atoms with E-state index in [1.807, 2.05) is 18.0 Å². The van der Waals surface area contributed by atoms with Crippen LogP contribution in [0.3, 0.4) is 0 Å². The fourth-order valence-electron chi connectivity index (χ4n) is 4.57. The van der Waals surface area contributed by atoms with Crippen molar-refractivity contribution in [3.05, 3.63) is 29.3 Å². The zero-order valence-corrected chi connectivity index (χ0v) is 15.8. The molecule has 1 fully saturated rings. The number of hydrogen-bond donors (Lipinski definition) is 2. The van der Waals surface area contributed by atoms with Crippen molar-refractivity contribution in [3.8, 4) is 5.75 Å². The van der Waals surface area contributed by atoms with Crippen LogP contribution in [0.1, 0.15) is 44.2 Å². The predicted molar refractivity (Wildman–Crippen MR) is 99.3 cm³/mol. The number of fused-ring (bicyclic) bond motifs is 4. The Kier molecular flexibility index (Phi) is 4.82. The fraction of sp³-hybridized carbons (Fsp3) is 0.650. The maximum Gasteiger partial charge on any atom is 0.222 e. The van der Waals surface area contributed by atoms with Crippen LogP contribution in [0.25, 0.3) is 0 Å². The van der Waals surface area contributed by atoms with E-state index in [0.29, 0.717) is 12.3 Å². The summed E-state index contributed by atoms with van der Waals surface area (Å²) >= 11 is 0. The van der Waals surface area contributed by atoms with E-state index in [2.05, 4.69) is 25.8 Å². The van der Waals surface area contributed by atoms with Gasteiger partial charge in [0.1, 0.15) is 5.75 Å². The van der Waals surface area contributed by atoms with Gasteiger partial charge in [0.2, 0.25) is 5.91 Å². The number of likely N-dealkylation sites (N-methyl/N-ethyl adjacent to an activating group) is 2. The van der Waals surface area contributed by atoms with Crippen molar-refractivity contribution in [1.82, 2.24) is 9.80 Å². The first kappa shape index (κ1) is 18.2. The minimum absolute atomic E-state index is 0.0692. The van der Waals surface area contributed by atoms with Gasteiger partial charge < -0.3 is 20.6 Å². The molecule has 2 bridgehead atoms. The summed E-state index contributed by atoms with van der Waals surface area (Å²) in [5.74, 6) is 0.918. The Hall–Kier alpha value is -1.59. The van der Waals surface area contributed by atoms with Crippen LogP contribution in [0.2, 0.25) is 0 Å². The van der Waals surface area contributed by atoms with Gasteiger partial charge in [-0.1, -0.05) is 19.9 Å². The molecule has 5 nitrogen and oxygen atoms in total. The van der Waals surface area contributed by atoms with Gasteiger partial charge >= 0.3 is 0 Å². The molecule has 2 aliphatic rings. The van der Waals surface area contributed by atoms with Gasteiger partial charge in [0.15, 0.2) is 0 Å². The number of likely N-dealkylation sites (tertiary alicyclic amines) is 1. The number of rotatable bonds is 4. The van der Waals surface area contributed by atoms with Gasteiger partial charge in [0.25, 0.3) is 0 Å². The Morgan fingerprint density at radius 2 is 2.20 bits per heavy atom. The first-order valence-corrected chi connectivity index (χ1v) is 9.31. The van der Waals surface area contributed by atoms with Crippen molar-refractivity contribution in [2.75, 3.05) is 20.6 Å². The molecular formula is C20H31N3O2. The number of nitrogens with two attached hydrogens (primary N) is 1. The van der Waals surface area contributed by atoms with Gasteiger partial charge in [0.05, 0.1) is 11.6 Å². The van der Waals surface area contributed by atoms with Gasteiger partial charge in [-0.3, -0.25) is 4.79 Å². The Bertz CT molecular complexity index is 660. The minimum atomic E-state index is -0.605. The third-order valence-corrected chi connectivity index (χ3v) is 6.11. The summed E-state index contributed by atoms with van der Waals surface area (Å²) in [4.78, 5) is 17.0. The highest BCUT2D eigenvalue weighted by atomic mass is 16.3. The molecule has 0 radical (unpaired) electrons. The number of nitrogens with zero attached hydrogens (tertiary/aromatic N) is 2. The van der Waals surface area contributed by atoms with Crippen LogP contribution in [0.4, 0.5) is 0 Å². The number of phenols is 1.